The Morgan fingerprint density at radius 1 is 1.18 bits per heavy atom. The van der Waals surface area contributed by atoms with E-state index in [4.69, 9.17) is 4.42 Å². The van der Waals surface area contributed by atoms with Crippen LogP contribution in [0, 0.1) is 5.92 Å². The Morgan fingerprint density at radius 2 is 1.91 bits per heavy atom. The summed E-state index contributed by atoms with van der Waals surface area (Å²) in [5, 5.41) is 1.11. The zero-order chi connectivity index (χ0) is 16.1. The maximum Gasteiger partial charge on any atom is 0.226 e. The molecule has 0 aliphatic heterocycles. The summed E-state index contributed by atoms with van der Waals surface area (Å²) < 4.78 is 5.67. The molecule has 1 aromatic heterocycles. The number of furan rings is 1. The molecule has 0 saturated carbocycles. The first-order valence-corrected chi connectivity index (χ1v) is 8.38. The van der Waals surface area contributed by atoms with Gasteiger partial charge < -0.3 is 9.32 Å². The maximum atomic E-state index is 12.9. The number of carbonyl (C=O) groups excluding carboxylic acids is 1. The van der Waals surface area contributed by atoms with Crippen LogP contribution in [0.25, 0.3) is 11.0 Å². The molecule has 22 heavy (non-hydrogen) atoms. The summed E-state index contributed by atoms with van der Waals surface area (Å²) in [7, 11) is 0. The smallest absolute Gasteiger partial charge is 0.226 e. The van der Waals surface area contributed by atoms with E-state index < -0.39 is 0 Å². The number of fused-ring (bicyclic) bond motifs is 1. The largest absolute Gasteiger partial charge is 0.464 e. The number of benzene rings is 1. The Labute approximate surface area is 133 Å². The molecule has 2 rings (SSSR count). The zero-order valence-electron chi connectivity index (χ0n) is 14.1. The minimum Gasteiger partial charge on any atom is -0.464 e. The first kappa shape index (κ1) is 16.6. The highest BCUT2D eigenvalue weighted by Gasteiger charge is 2.29. The number of nitrogens with zero attached hydrogens (tertiary/aromatic N) is 1. The van der Waals surface area contributed by atoms with E-state index in [1.54, 1.807) is 6.26 Å². The minimum atomic E-state index is 0.0144. The SMILES string of the molecule is CCCC(C(=O)N(CC)CC)C(C)c1cccc2ccoc12. The van der Waals surface area contributed by atoms with Gasteiger partial charge in [-0.2, -0.15) is 0 Å². The molecule has 0 N–H and O–H groups in total. The van der Waals surface area contributed by atoms with Crippen molar-refractivity contribution in [2.75, 3.05) is 13.1 Å². The van der Waals surface area contributed by atoms with Crippen molar-refractivity contribution in [2.24, 2.45) is 5.92 Å². The van der Waals surface area contributed by atoms with Gasteiger partial charge >= 0.3 is 0 Å². The second kappa shape index (κ2) is 7.48. The van der Waals surface area contributed by atoms with Crippen molar-refractivity contribution in [1.29, 1.82) is 0 Å². The summed E-state index contributed by atoms with van der Waals surface area (Å²) in [6, 6.07) is 8.17. The summed E-state index contributed by atoms with van der Waals surface area (Å²) in [5.74, 6) is 0.436. The lowest BCUT2D eigenvalue weighted by Crippen LogP contribution is -2.38. The van der Waals surface area contributed by atoms with Gasteiger partial charge in [0.1, 0.15) is 5.58 Å². The van der Waals surface area contributed by atoms with Crippen molar-refractivity contribution in [3.63, 3.8) is 0 Å². The van der Waals surface area contributed by atoms with E-state index in [0.717, 1.165) is 42.5 Å². The molecule has 1 amide bonds. The van der Waals surface area contributed by atoms with E-state index >= 15 is 0 Å². The quantitative estimate of drug-likeness (QED) is 0.734. The summed E-state index contributed by atoms with van der Waals surface area (Å²) in [5.41, 5.74) is 2.06. The molecule has 0 aliphatic carbocycles. The molecule has 2 unspecified atom stereocenters. The third-order valence-corrected chi connectivity index (χ3v) is 4.60. The highest BCUT2D eigenvalue weighted by atomic mass is 16.3. The maximum absolute atomic E-state index is 12.9. The molecule has 0 bridgehead atoms. The fourth-order valence-corrected chi connectivity index (χ4v) is 3.26. The Hall–Kier alpha value is -1.77. The molecule has 1 aromatic carbocycles. The Kier molecular flexibility index (Phi) is 5.64. The van der Waals surface area contributed by atoms with Crippen molar-refractivity contribution in [2.45, 2.75) is 46.5 Å². The van der Waals surface area contributed by atoms with Crippen LogP contribution in [0.2, 0.25) is 0 Å². The van der Waals surface area contributed by atoms with Gasteiger partial charge in [0.2, 0.25) is 5.91 Å². The Bertz CT molecular complexity index is 613. The lowest BCUT2D eigenvalue weighted by atomic mass is 9.83. The fraction of sp³-hybridized carbons (Fsp3) is 0.526. The third kappa shape index (κ3) is 3.18. The number of hydrogen-bond donors (Lipinski definition) is 0. The van der Waals surface area contributed by atoms with Crippen LogP contribution >= 0.6 is 0 Å². The van der Waals surface area contributed by atoms with Crippen LogP contribution in [0.5, 0.6) is 0 Å². The predicted octanol–water partition coefficient (Wildman–Crippen LogP) is 4.82. The number of amides is 1. The Balaban J connectivity index is 2.35. The zero-order valence-corrected chi connectivity index (χ0v) is 14.1. The second-order valence-electron chi connectivity index (χ2n) is 5.88. The van der Waals surface area contributed by atoms with Crippen LogP contribution in [0.15, 0.2) is 34.9 Å². The molecule has 120 valence electrons. The molecule has 0 radical (unpaired) electrons. The molecular formula is C19H27NO2. The average molecular weight is 301 g/mol. The normalized spacial score (nSPS) is 14.0. The summed E-state index contributed by atoms with van der Waals surface area (Å²) in [6.07, 6.45) is 3.64. The molecule has 0 fully saturated rings. The van der Waals surface area contributed by atoms with Crippen LogP contribution in [0.3, 0.4) is 0 Å². The lowest BCUT2D eigenvalue weighted by molar-refractivity contribution is -0.136. The van der Waals surface area contributed by atoms with Gasteiger partial charge in [-0.3, -0.25) is 4.79 Å². The first-order valence-electron chi connectivity index (χ1n) is 8.38. The van der Waals surface area contributed by atoms with Crippen molar-refractivity contribution in [3.05, 3.63) is 36.1 Å². The van der Waals surface area contributed by atoms with Crippen LogP contribution in [-0.2, 0) is 4.79 Å². The van der Waals surface area contributed by atoms with Crippen molar-refractivity contribution in [1.82, 2.24) is 4.90 Å². The van der Waals surface area contributed by atoms with E-state index in [9.17, 15) is 4.79 Å². The van der Waals surface area contributed by atoms with Gasteiger partial charge in [-0.05, 0) is 37.8 Å². The van der Waals surface area contributed by atoms with Crippen molar-refractivity contribution < 1.29 is 9.21 Å². The van der Waals surface area contributed by atoms with Crippen molar-refractivity contribution in [3.8, 4) is 0 Å². The molecule has 1 heterocycles. The highest BCUT2D eigenvalue weighted by molar-refractivity contribution is 5.84. The number of para-hydroxylation sites is 1. The Morgan fingerprint density at radius 3 is 2.55 bits per heavy atom. The number of carbonyl (C=O) groups is 1. The van der Waals surface area contributed by atoms with Gasteiger partial charge in [-0.25, -0.2) is 0 Å². The molecule has 3 heteroatoms. The average Bonchev–Trinajstić information content (AvgIpc) is 3.01. The van der Waals surface area contributed by atoms with E-state index in [0.29, 0.717) is 0 Å². The van der Waals surface area contributed by atoms with E-state index in [1.807, 2.05) is 24.8 Å². The number of rotatable bonds is 7. The van der Waals surface area contributed by atoms with Crippen LogP contribution in [-0.4, -0.2) is 23.9 Å². The van der Waals surface area contributed by atoms with Crippen LogP contribution < -0.4 is 0 Å². The molecule has 0 aliphatic rings. The highest BCUT2D eigenvalue weighted by Crippen LogP contribution is 2.34. The van der Waals surface area contributed by atoms with Gasteiger partial charge in [0.25, 0.3) is 0 Å². The topological polar surface area (TPSA) is 33.5 Å². The molecule has 3 nitrogen and oxygen atoms in total. The van der Waals surface area contributed by atoms with Gasteiger partial charge in [-0.15, -0.1) is 0 Å². The van der Waals surface area contributed by atoms with Crippen LogP contribution in [0.1, 0.15) is 52.0 Å². The molecule has 0 spiro atoms. The fourth-order valence-electron chi connectivity index (χ4n) is 3.26. The number of hydrogen-bond acceptors (Lipinski definition) is 2. The second-order valence-corrected chi connectivity index (χ2v) is 5.88. The third-order valence-electron chi connectivity index (χ3n) is 4.60. The van der Waals surface area contributed by atoms with Crippen molar-refractivity contribution >= 4 is 16.9 Å². The first-order chi connectivity index (χ1) is 10.6. The summed E-state index contributed by atoms with van der Waals surface area (Å²) in [6.45, 7) is 9.92. The lowest BCUT2D eigenvalue weighted by Gasteiger charge is -2.29. The minimum absolute atomic E-state index is 0.0144. The van der Waals surface area contributed by atoms with E-state index in [-0.39, 0.29) is 17.7 Å². The molecule has 2 atom stereocenters. The van der Waals surface area contributed by atoms with Gasteiger partial charge in [0.05, 0.1) is 6.26 Å². The predicted molar refractivity (Wildman–Crippen MR) is 91.0 cm³/mol. The van der Waals surface area contributed by atoms with Gasteiger partial charge in [0, 0.05) is 24.4 Å². The van der Waals surface area contributed by atoms with E-state index in [1.165, 1.54) is 0 Å². The summed E-state index contributed by atoms with van der Waals surface area (Å²) >= 11 is 0. The molecule has 2 aromatic rings. The molecule has 0 saturated heterocycles. The summed E-state index contributed by atoms with van der Waals surface area (Å²) in [4.78, 5) is 14.8. The van der Waals surface area contributed by atoms with Gasteiger partial charge in [-0.1, -0.05) is 38.5 Å². The van der Waals surface area contributed by atoms with Crippen LogP contribution in [0.4, 0.5) is 0 Å². The standard InChI is InChI=1S/C19H27NO2/c1-5-9-17(19(21)20(6-2)7-3)14(4)16-11-8-10-15-12-13-22-18(15)16/h8,10-14,17H,5-7,9H2,1-4H3. The van der Waals surface area contributed by atoms with Gasteiger partial charge in [0.15, 0.2) is 0 Å². The monoisotopic (exact) mass is 301 g/mol. The van der Waals surface area contributed by atoms with E-state index in [2.05, 4.69) is 32.0 Å². The molecular weight excluding hydrogens is 274 g/mol.